The van der Waals surface area contributed by atoms with Gasteiger partial charge in [0.25, 0.3) is 5.91 Å². The number of amides is 1. The molecule has 0 unspecified atom stereocenters. The highest BCUT2D eigenvalue weighted by atomic mass is 16.5. The van der Waals surface area contributed by atoms with Crippen LogP contribution in [0.25, 0.3) is 0 Å². The number of methoxy groups -OCH3 is 1. The molecule has 0 saturated heterocycles. The molecule has 104 valence electrons. The minimum absolute atomic E-state index is 0.0999. The van der Waals surface area contributed by atoms with Gasteiger partial charge in [-0.3, -0.25) is 4.79 Å². The first-order valence-corrected chi connectivity index (χ1v) is 6.04. The lowest BCUT2D eigenvalue weighted by Crippen LogP contribution is -2.27. The second kappa shape index (κ2) is 5.52. The molecule has 0 aliphatic carbocycles. The molecular weight excluding hydrogens is 256 g/mol. The minimum Gasteiger partial charge on any atom is -0.507 e. The zero-order chi connectivity index (χ0) is 14.7. The van der Waals surface area contributed by atoms with Crippen molar-refractivity contribution in [3.63, 3.8) is 0 Å². The zero-order valence-electron chi connectivity index (χ0n) is 11.3. The molecule has 0 atom stereocenters. The molecule has 0 fully saturated rings. The first-order chi connectivity index (χ1) is 9.54. The maximum atomic E-state index is 12.4. The number of anilines is 2. The van der Waals surface area contributed by atoms with E-state index in [0.717, 1.165) is 0 Å². The Labute approximate surface area is 117 Å². The van der Waals surface area contributed by atoms with Crippen LogP contribution >= 0.6 is 0 Å². The number of nitrogens with zero attached hydrogens (tertiary/aromatic N) is 1. The number of carbonyl (C=O) groups excluding carboxylic acids is 1. The molecule has 0 spiro atoms. The second-order valence-electron chi connectivity index (χ2n) is 4.31. The van der Waals surface area contributed by atoms with Crippen LogP contribution in [-0.4, -0.2) is 25.2 Å². The minimum atomic E-state index is -0.362. The standard InChI is InChI=1S/C15H16N2O3/c1-17(13-6-4-3-5-12(13)16)15(19)11-9-10(20-2)7-8-14(11)18/h3-9,18H,16H2,1-2H3. The Balaban J connectivity index is 2.39. The third kappa shape index (κ3) is 2.51. The van der Waals surface area contributed by atoms with Crippen LogP contribution in [0.5, 0.6) is 11.5 Å². The number of aromatic hydroxyl groups is 1. The summed E-state index contributed by atoms with van der Waals surface area (Å²) in [6.07, 6.45) is 0. The molecule has 0 radical (unpaired) electrons. The van der Waals surface area contributed by atoms with Crippen molar-refractivity contribution in [3.05, 3.63) is 48.0 Å². The lowest BCUT2D eigenvalue weighted by Gasteiger charge is -2.20. The average molecular weight is 272 g/mol. The fourth-order valence-corrected chi connectivity index (χ4v) is 1.90. The van der Waals surface area contributed by atoms with Gasteiger partial charge >= 0.3 is 0 Å². The van der Waals surface area contributed by atoms with E-state index in [2.05, 4.69) is 0 Å². The fourth-order valence-electron chi connectivity index (χ4n) is 1.90. The van der Waals surface area contributed by atoms with Crippen LogP contribution in [-0.2, 0) is 0 Å². The number of carbonyl (C=O) groups is 1. The number of rotatable bonds is 3. The molecule has 0 aliphatic rings. The maximum absolute atomic E-state index is 12.4. The molecule has 5 heteroatoms. The Bertz CT molecular complexity index is 641. The predicted octanol–water partition coefficient (Wildman–Crippen LogP) is 2.26. The molecule has 0 heterocycles. The van der Waals surface area contributed by atoms with Gasteiger partial charge in [-0.25, -0.2) is 0 Å². The Morgan fingerprint density at radius 1 is 1.25 bits per heavy atom. The van der Waals surface area contributed by atoms with Gasteiger partial charge in [-0.1, -0.05) is 12.1 Å². The number of nitrogens with two attached hydrogens (primary N) is 1. The van der Waals surface area contributed by atoms with Crippen molar-refractivity contribution in [3.8, 4) is 11.5 Å². The molecular formula is C15H16N2O3. The summed E-state index contributed by atoms with van der Waals surface area (Å²) in [6, 6.07) is 11.5. The Morgan fingerprint density at radius 2 is 1.95 bits per heavy atom. The van der Waals surface area contributed by atoms with Crippen molar-refractivity contribution in [2.75, 3.05) is 24.8 Å². The molecule has 2 aromatic carbocycles. The molecule has 0 bridgehead atoms. The zero-order valence-corrected chi connectivity index (χ0v) is 11.3. The number of hydrogen-bond donors (Lipinski definition) is 2. The molecule has 5 nitrogen and oxygen atoms in total. The van der Waals surface area contributed by atoms with Crippen LogP contribution in [0.4, 0.5) is 11.4 Å². The second-order valence-corrected chi connectivity index (χ2v) is 4.31. The summed E-state index contributed by atoms with van der Waals surface area (Å²) in [7, 11) is 3.10. The number of benzene rings is 2. The SMILES string of the molecule is COc1ccc(O)c(C(=O)N(C)c2ccccc2N)c1. The first kappa shape index (κ1) is 13.7. The summed E-state index contributed by atoms with van der Waals surface area (Å²) < 4.78 is 5.06. The summed E-state index contributed by atoms with van der Waals surface area (Å²) in [5.74, 6) is 0.0389. The summed E-state index contributed by atoms with van der Waals surface area (Å²) in [5, 5.41) is 9.83. The lowest BCUT2D eigenvalue weighted by molar-refractivity contribution is 0.0990. The van der Waals surface area contributed by atoms with E-state index in [4.69, 9.17) is 10.5 Å². The Kier molecular flexibility index (Phi) is 3.79. The molecule has 2 aromatic rings. The molecule has 20 heavy (non-hydrogen) atoms. The fraction of sp³-hybridized carbons (Fsp3) is 0.133. The van der Waals surface area contributed by atoms with E-state index in [0.29, 0.717) is 17.1 Å². The number of ether oxygens (including phenoxy) is 1. The van der Waals surface area contributed by atoms with E-state index < -0.39 is 0 Å². The number of phenols is 1. The highest BCUT2D eigenvalue weighted by Crippen LogP contribution is 2.28. The predicted molar refractivity (Wildman–Crippen MR) is 78.2 cm³/mol. The normalized spacial score (nSPS) is 10.1. The van der Waals surface area contributed by atoms with Crippen molar-refractivity contribution in [2.45, 2.75) is 0 Å². The molecule has 2 rings (SSSR count). The smallest absolute Gasteiger partial charge is 0.261 e. The van der Waals surface area contributed by atoms with Gasteiger partial charge in [0.2, 0.25) is 0 Å². The van der Waals surface area contributed by atoms with E-state index >= 15 is 0 Å². The number of hydrogen-bond acceptors (Lipinski definition) is 4. The topological polar surface area (TPSA) is 75.8 Å². The third-order valence-corrected chi connectivity index (χ3v) is 3.04. The van der Waals surface area contributed by atoms with Crippen molar-refractivity contribution in [1.29, 1.82) is 0 Å². The summed E-state index contributed by atoms with van der Waals surface area (Å²) in [4.78, 5) is 13.8. The van der Waals surface area contributed by atoms with E-state index in [-0.39, 0.29) is 17.2 Å². The van der Waals surface area contributed by atoms with E-state index in [1.54, 1.807) is 37.4 Å². The van der Waals surface area contributed by atoms with Crippen LogP contribution in [0.2, 0.25) is 0 Å². The van der Waals surface area contributed by atoms with Gasteiger partial charge < -0.3 is 20.5 Å². The Morgan fingerprint density at radius 3 is 2.60 bits per heavy atom. The summed E-state index contributed by atoms with van der Waals surface area (Å²) in [5.41, 5.74) is 7.09. The largest absolute Gasteiger partial charge is 0.507 e. The molecule has 0 aliphatic heterocycles. The van der Waals surface area contributed by atoms with Crippen molar-refractivity contribution >= 4 is 17.3 Å². The molecule has 0 saturated carbocycles. The number of nitrogen functional groups attached to an aromatic ring is 1. The van der Waals surface area contributed by atoms with Gasteiger partial charge in [-0.05, 0) is 30.3 Å². The monoisotopic (exact) mass is 272 g/mol. The van der Waals surface area contributed by atoms with Gasteiger partial charge in [-0.2, -0.15) is 0 Å². The molecule has 1 amide bonds. The first-order valence-electron chi connectivity index (χ1n) is 6.04. The average Bonchev–Trinajstić information content (AvgIpc) is 2.47. The third-order valence-electron chi connectivity index (χ3n) is 3.04. The van der Waals surface area contributed by atoms with Crippen LogP contribution < -0.4 is 15.4 Å². The lowest BCUT2D eigenvalue weighted by atomic mass is 10.1. The van der Waals surface area contributed by atoms with Gasteiger partial charge in [0.05, 0.1) is 24.0 Å². The number of para-hydroxylation sites is 2. The maximum Gasteiger partial charge on any atom is 0.261 e. The van der Waals surface area contributed by atoms with E-state index in [9.17, 15) is 9.90 Å². The van der Waals surface area contributed by atoms with Gasteiger partial charge in [0.1, 0.15) is 11.5 Å². The van der Waals surface area contributed by atoms with E-state index in [1.807, 2.05) is 0 Å². The molecule has 0 aromatic heterocycles. The number of phenolic OH excluding ortho intramolecular Hbond substituents is 1. The van der Waals surface area contributed by atoms with Crippen LogP contribution in [0.3, 0.4) is 0 Å². The summed E-state index contributed by atoms with van der Waals surface area (Å²) in [6.45, 7) is 0. The molecule has 3 N–H and O–H groups in total. The highest BCUT2D eigenvalue weighted by Gasteiger charge is 2.19. The van der Waals surface area contributed by atoms with Crippen LogP contribution in [0.1, 0.15) is 10.4 Å². The van der Waals surface area contributed by atoms with Crippen LogP contribution in [0.15, 0.2) is 42.5 Å². The van der Waals surface area contributed by atoms with Crippen LogP contribution in [0, 0.1) is 0 Å². The van der Waals surface area contributed by atoms with Crippen molar-refractivity contribution in [2.24, 2.45) is 0 Å². The summed E-state index contributed by atoms with van der Waals surface area (Å²) >= 11 is 0. The van der Waals surface area contributed by atoms with E-state index in [1.165, 1.54) is 24.1 Å². The highest BCUT2D eigenvalue weighted by molar-refractivity contribution is 6.09. The van der Waals surface area contributed by atoms with Gasteiger partial charge in [-0.15, -0.1) is 0 Å². The van der Waals surface area contributed by atoms with Crippen molar-refractivity contribution < 1.29 is 14.6 Å². The van der Waals surface area contributed by atoms with Crippen molar-refractivity contribution in [1.82, 2.24) is 0 Å². The van der Waals surface area contributed by atoms with Gasteiger partial charge in [0.15, 0.2) is 0 Å². The quantitative estimate of drug-likeness (QED) is 0.840. The van der Waals surface area contributed by atoms with Gasteiger partial charge in [0, 0.05) is 7.05 Å². The Hall–Kier alpha value is -2.69.